The van der Waals surface area contributed by atoms with Crippen LogP contribution in [0.1, 0.15) is 84.0 Å². The summed E-state index contributed by atoms with van der Waals surface area (Å²) in [6.45, 7) is 5.43. The molecule has 0 aliphatic carbocycles. The third kappa shape index (κ3) is 21.9. The molecule has 0 spiro atoms. The molecule has 4 heteroatoms. The number of hydrogen-bond acceptors (Lipinski definition) is 3. The first-order valence-electron chi connectivity index (χ1n) is 11.1. The molecule has 0 heterocycles. The highest BCUT2D eigenvalue weighted by Crippen LogP contribution is 2.11. The van der Waals surface area contributed by atoms with Gasteiger partial charge in [0.1, 0.15) is 12.6 Å². The average molecular weight is 375 g/mol. The van der Waals surface area contributed by atoms with E-state index in [0.717, 1.165) is 17.5 Å². The molecule has 0 fully saturated rings. The smallest absolute Gasteiger partial charge is 0.126 e. The summed E-state index contributed by atoms with van der Waals surface area (Å²) in [5.74, 6) is 0. The maximum absolute atomic E-state index is 9.83. The molecule has 0 aliphatic rings. The number of hydrogen-bond donors (Lipinski definition) is 1. The Hall–Kier alpha value is -0.160. The average Bonchev–Trinajstić information content (AvgIpc) is 2.56. The van der Waals surface area contributed by atoms with Crippen LogP contribution in [-0.4, -0.2) is 69.8 Å². The van der Waals surface area contributed by atoms with E-state index in [1.165, 1.54) is 70.6 Å². The van der Waals surface area contributed by atoms with E-state index in [9.17, 15) is 5.11 Å². The van der Waals surface area contributed by atoms with E-state index < -0.39 is 6.10 Å². The van der Waals surface area contributed by atoms with Crippen LogP contribution >= 0.6 is 0 Å². The van der Waals surface area contributed by atoms with Crippen LogP contribution < -0.4 is 0 Å². The Kier molecular flexibility index (Phi) is 18.1. The summed E-state index contributed by atoms with van der Waals surface area (Å²) in [4.78, 5) is 0. The number of nitrogens with zero attached hydrogens (tertiary/aromatic N) is 1. The van der Waals surface area contributed by atoms with E-state index in [-0.39, 0.29) is 0 Å². The monoisotopic (exact) mass is 374 g/mol. The van der Waals surface area contributed by atoms with E-state index in [1.807, 2.05) is 0 Å². The molecule has 0 aromatic carbocycles. The molecule has 1 N–H and O–H groups in total. The van der Waals surface area contributed by atoms with Gasteiger partial charge in [-0.2, -0.15) is 0 Å². The molecule has 0 aliphatic heterocycles. The lowest BCUT2D eigenvalue weighted by Gasteiger charge is -2.26. The van der Waals surface area contributed by atoms with Crippen molar-refractivity contribution in [1.82, 2.24) is 0 Å². The lowest BCUT2D eigenvalue weighted by Crippen LogP contribution is -2.43. The standard InChI is InChI=1S/C22H48NO3/c1-5-6-7-8-9-10-11-12-13-14-15-16-17-25-18-19-26-21-22(24)20-23(2,3)4/h22,24H,5-21H2,1-4H3/q+1. The Morgan fingerprint density at radius 2 is 1.12 bits per heavy atom. The lowest BCUT2D eigenvalue weighted by atomic mass is 10.1. The van der Waals surface area contributed by atoms with Crippen LogP contribution in [0.2, 0.25) is 0 Å². The summed E-state index contributed by atoms with van der Waals surface area (Å²) >= 11 is 0. The summed E-state index contributed by atoms with van der Waals surface area (Å²) in [6.07, 6.45) is 16.0. The molecule has 0 amide bonds. The normalized spacial score (nSPS) is 13.3. The molecular weight excluding hydrogens is 326 g/mol. The Labute approximate surface area is 163 Å². The number of ether oxygens (including phenoxy) is 2. The molecule has 0 saturated carbocycles. The zero-order valence-corrected chi connectivity index (χ0v) is 18.3. The zero-order valence-electron chi connectivity index (χ0n) is 18.3. The summed E-state index contributed by atoms with van der Waals surface area (Å²) in [6, 6.07) is 0. The van der Waals surface area contributed by atoms with E-state index in [1.54, 1.807) is 0 Å². The van der Waals surface area contributed by atoms with Crippen LogP contribution in [0.25, 0.3) is 0 Å². The van der Waals surface area contributed by atoms with Gasteiger partial charge in [0.25, 0.3) is 0 Å². The van der Waals surface area contributed by atoms with Gasteiger partial charge in [0.2, 0.25) is 0 Å². The van der Waals surface area contributed by atoms with Crippen molar-refractivity contribution >= 4 is 0 Å². The second-order valence-corrected chi connectivity index (χ2v) is 8.70. The van der Waals surface area contributed by atoms with Gasteiger partial charge in [0.05, 0.1) is 41.0 Å². The Morgan fingerprint density at radius 3 is 1.62 bits per heavy atom. The summed E-state index contributed by atoms with van der Waals surface area (Å²) in [7, 11) is 6.21. The van der Waals surface area contributed by atoms with Crippen molar-refractivity contribution in [2.75, 3.05) is 54.1 Å². The molecule has 1 atom stereocenters. The van der Waals surface area contributed by atoms with Gasteiger partial charge in [-0.05, 0) is 6.42 Å². The highest BCUT2D eigenvalue weighted by atomic mass is 16.5. The van der Waals surface area contributed by atoms with Crippen LogP contribution in [0.15, 0.2) is 0 Å². The van der Waals surface area contributed by atoms with Crippen molar-refractivity contribution in [2.45, 2.75) is 90.1 Å². The van der Waals surface area contributed by atoms with Crippen molar-refractivity contribution in [3.05, 3.63) is 0 Å². The van der Waals surface area contributed by atoms with Gasteiger partial charge in [0.15, 0.2) is 0 Å². The lowest BCUT2D eigenvalue weighted by molar-refractivity contribution is -0.873. The molecule has 0 aromatic rings. The summed E-state index contributed by atoms with van der Waals surface area (Å²) in [5, 5.41) is 9.83. The quantitative estimate of drug-likeness (QED) is 0.246. The fourth-order valence-corrected chi connectivity index (χ4v) is 3.17. The SMILES string of the molecule is CCCCCCCCCCCCCCOCCOCC(O)C[N+](C)(C)C. The molecule has 1 unspecified atom stereocenters. The molecular formula is C22H48NO3+. The van der Waals surface area contributed by atoms with E-state index in [4.69, 9.17) is 9.47 Å². The third-order valence-electron chi connectivity index (χ3n) is 4.58. The van der Waals surface area contributed by atoms with Gasteiger partial charge in [-0.25, -0.2) is 0 Å². The van der Waals surface area contributed by atoms with Crippen LogP contribution in [0, 0.1) is 0 Å². The molecule has 26 heavy (non-hydrogen) atoms. The van der Waals surface area contributed by atoms with Crippen molar-refractivity contribution in [2.24, 2.45) is 0 Å². The second-order valence-electron chi connectivity index (χ2n) is 8.70. The maximum Gasteiger partial charge on any atom is 0.126 e. The van der Waals surface area contributed by atoms with Crippen LogP contribution in [0.5, 0.6) is 0 Å². The van der Waals surface area contributed by atoms with Crippen LogP contribution in [0.3, 0.4) is 0 Å². The molecule has 4 nitrogen and oxygen atoms in total. The summed E-state index contributed by atoms with van der Waals surface area (Å²) in [5.41, 5.74) is 0. The van der Waals surface area contributed by atoms with Gasteiger partial charge < -0.3 is 19.1 Å². The number of unbranched alkanes of at least 4 members (excludes halogenated alkanes) is 11. The molecule has 0 rings (SSSR count). The molecule has 0 saturated heterocycles. The fourth-order valence-electron chi connectivity index (χ4n) is 3.17. The highest BCUT2D eigenvalue weighted by molar-refractivity contribution is 4.51. The topological polar surface area (TPSA) is 38.7 Å². The number of rotatable bonds is 20. The fraction of sp³-hybridized carbons (Fsp3) is 1.00. The largest absolute Gasteiger partial charge is 0.385 e. The predicted molar refractivity (Wildman–Crippen MR) is 112 cm³/mol. The Morgan fingerprint density at radius 1 is 0.654 bits per heavy atom. The highest BCUT2D eigenvalue weighted by Gasteiger charge is 2.15. The van der Waals surface area contributed by atoms with Crippen molar-refractivity contribution in [1.29, 1.82) is 0 Å². The van der Waals surface area contributed by atoms with Gasteiger partial charge in [-0.1, -0.05) is 77.6 Å². The minimum atomic E-state index is -0.397. The molecule has 0 bridgehead atoms. The van der Waals surface area contributed by atoms with Crippen molar-refractivity contribution in [3.63, 3.8) is 0 Å². The Balaban J connectivity index is 3.11. The first kappa shape index (κ1) is 25.8. The van der Waals surface area contributed by atoms with Crippen molar-refractivity contribution in [3.8, 4) is 0 Å². The van der Waals surface area contributed by atoms with Crippen LogP contribution in [-0.2, 0) is 9.47 Å². The van der Waals surface area contributed by atoms with Gasteiger partial charge in [0, 0.05) is 6.61 Å². The number of aliphatic hydroxyl groups excluding tert-OH is 1. The van der Waals surface area contributed by atoms with Gasteiger partial charge in [-0.3, -0.25) is 0 Å². The predicted octanol–water partition coefficient (Wildman–Crippen LogP) is 4.79. The molecule has 0 radical (unpaired) electrons. The van der Waals surface area contributed by atoms with Crippen LogP contribution in [0.4, 0.5) is 0 Å². The Bertz CT molecular complexity index is 279. The van der Waals surface area contributed by atoms with Gasteiger partial charge in [-0.15, -0.1) is 0 Å². The van der Waals surface area contributed by atoms with E-state index in [0.29, 0.717) is 26.4 Å². The summed E-state index contributed by atoms with van der Waals surface area (Å²) < 4.78 is 11.8. The minimum absolute atomic E-state index is 0.397. The first-order chi connectivity index (χ1) is 12.5. The second kappa shape index (κ2) is 18.2. The molecule has 158 valence electrons. The number of quaternary nitrogens is 1. The van der Waals surface area contributed by atoms with E-state index >= 15 is 0 Å². The number of likely N-dealkylation sites (N-methyl/N-ethyl adjacent to an activating group) is 1. The maximum atomic E-state index is 9.83. The minimum Gasteiger partial charge on any atom is -0.385 e. The zero-order chi connectivity index (χ0) is 19.5. The molecule has 0 aromatic heterocycles. The van der Waals surface area contributed by atoms with E-state index in [2.05, 4.69) is 28.1 Å². The van der Waals surface area contributed by atoms with Gasteiger partial charge >= 0.3 is 0 Å². The third-order valence-corrected chi connectivity index (χ3v) is 4.58. The number of aliphatic hydroxyl groups is 1. The first-order valence-corrected chi connectivity index (χ1v) is 11.1. The van der Waals surface area contributed by atoms with Crippen molar-refractivity contribution < 1.29 is 19.1 Å².